The molecule has 2 aromatic rings. The van der Waals surface area contributed by atoms with E-state index in [9.17, 15) is 0 Å². The monoisotopic (exact) mass is 290 g/mol. The fourth-order valence-electron chi connectivity index (χ4n) is 1.96. The first-order valence-electron chi connectivity index (χ1n) is 6.54. The lowest BCUT2D eigenvalue weighted by Gasteiger charge is -2.19. The van der Waals surface area contributed by atoms with Crippen LogP contribution in [0.2, 0.25) is 5.02 Å². The van der Waals surface area contributed by atoms with Crippen LogP contribution in [0.1, 0.15) is 0 Å². The van der Waals surface area contributed by atoms with Crippen LogP contribution in [0.25, 0.3) is 0 Å². The number of likely N-dealkylation sites (N-methyl/N-ethyl adjacent to an activating group) is 1. The molecule has 0 aliphatic carbocycles. The fourth-order valence-corrected chi connectivity index (χ4v) is 2.21. The highest BCUT2D eigenvalue weighted by atomic mass is 35.5. The molecule has 2 aromatic carbocycles. The zero-order chi connectivity index (χ0) is 14.4. The molecule has 0 aliphatic rings. The molecular formula is C16H19ClN2O. The van der Waals surface area contributed by atoms with E-state index in [2.05, 4.69) is 29.4 Å². The van der Waals surface area contributed by atoms with Crippen molar-refractivity contribution < 1.29 is 4.74 Å². The van der Waals surface area contributed by atoms with Crippen LogP contribution in [0.5, 0.6) is 5.75 Å². The summed E-state index contributed by atoms with van der Waals surface area (Å²) in [6.07, 6.45) is 0. The quantitative estimate of drug-likeness (QED) is 0.873. The lowest BCUT2D eigenvalue weighted by atomic mass is 10.3. The van der Waals surface area contributed by atoms with E-state index in [4.69, 9.17) is 16.3 Å². The Morgan fingerprint density at radius 1 is 1.15 bits per heavy atom. The topological polar surface area (TPSA) is 24.5 Å². The summed E-state index contributed by atoms with van der Waals surface area (Å²) in [5.41, 5.74) is 2.21. The number of nitrogens with one attached hydrogen (secondary N) is 1. The molecule has 0 aliphatic heterocycles. The van der Waals surface area contributed by atoms with Crippen LogP contribution in [0.4, 0.5) is 11.4 Å². The number of hydrogen-bond donors (Lipinski definition) is 1. The summed E-state index contributed by atoms with van der Waals surface area (Å²) in [6.45, 7) is 1.75. The predicted molar refractivity (Wildman–Crippen MR) is 86.2 cm³/mol. The van der Waals surface area contributed by atoms with Crippen LogP contribution < -0.4 is 15.0 Å². The number of para-hydroxylation sites is 1. The molecule has 106 valence electrons. The van der Waals surface area contributed by atoms with Gasteiger partial charge in [0.2, 0.25) is 0 Å². The second-order valence-corrected chi connectivity index (χ2v) is 4.94. The standard InChI is InChI=1S/C16H19ClN2O/c1-19(14-6-4-3-5-7-14)11-10-18-13-8-9-16(20-2)15(17)12-13/h3-9,12,18H,10-11H2,1-2H3. The highest BCUT2D eigenvalue weighted by Crippen LogP contribution is 2.27. The molecule has 0 amide bonds. The van der Waals surface area contributed by atoms with Gasteiger partial charge in [-0.1, -0.05) is 29.8 Å². The van der Waals surface area contributed by atoms with Gasteiger partial charge in [0.25, 0.3) is 0 Å². The number of methoxy groups -OCH3 is 1. The number of benzene rings is 2. The summed E-state index contributed by atoms with van der Waals surface area (Å²) in [6, 6.07) is 16.0. The first-order valence-corrected chi connectivity index (χ1v) is 6.92. The minimum absolute atomic E-state index is 0.619. The second-order valence-electron chi connectivity index (χ2n) is 4.53. The Labute approximate surface area is 125 Å². The summed E-state index contributed by atoms with van der Waals surface area (Å²) >= 11 is 6.09. The van der Waals surface area contributed by atoms with E-state index in [0.29, 0.717) is 10.8 Å². The summed E-state index contributed by atoms with van der Waals surface area (Å²) in [5, 5.41) is 3.98. The van der Waals surface area contributed by atoms with Gasteiger partial charge >= 0.3 is 0 Å². The van der Waals surface area contributed by atoms with Crippen molar-refractivity contribution in [1.82, 2.24) is 0 Å². The number of ether oxygens (including phenoxy) is 1. The molecule has 3 nitrogen and oxygen atoms in total. The Morgan fingerprint density at radius 3 is 2.55 bits per heavy atom. The van der Waals surface area contributed by atoms with Crippen molar-refractivity contribution >= 4 is 23.0 Å². The van der Waals surface area contributed by atoms with Crippen LogP contribution in [0.15, 0.2) is 48.5 Å². The average molecular weight is 291 g/mol. The van der Waals surface area contributed by atoms with Crippen molar-refractivity contribution in [1.29, 1.82) is 0 Å². The smallest absolute Gasteiger partial charge is 0.137 e. The molecule has 0 aromatic heterocycles. The Hall–Kier alpha value is -1.87. The van der Waals surface area contributed by atoms with Gasteiger partial charge in [0.05, 0.1) is 12.1 Å². The molecular weight excluding hydrogens is 272 g/mol. The number of hydrogen-bond acceptors (Lipinski definition) is 3. The lowest BCUT2D eigenvalue weighted by Crippen LogP contribution is -2.24. The van der Waals surface area contributed by atoms with Crippen molar-refractivity contribution in [3.05, 3.63) is 53.6 Å². The number of anilines is 2. The normalized spacial score (nSPS) is 10.2. The highest BCUT2D eigenvalue weighted by Gasteiger charge is 2.02. The molecule has 0 atom stereocenters. The molecule has 0 heterocycles. The van der Waals surface area contributed by atoms with Crippen molar-refractivity contribution in [2.45, 2.75) is 0 Å². The highest BCUT2D eigenvalue weighted by molar-refractivity contribution is 6.32. The molecule has 0 saturated heterocycles. The molecule has 0 unspecified atom stereocenters. The SMILES string of the molecule is COc1ccc(NCCN(C)c2ccccc2)cc1Cl. The Morgan fingerprint density at radius 2 is 1.90 bits per heavy atom. The predicted octanol–water partition coefficient (Wildman–Crippen LogP) is 3.90. The van der Waals surface area contributed by atoms with Crippen LogP contribution in [0.3, 0.4) is 0 Å². The number of nitrogens with zero attached hydrogens (tertiary/aromatic N) is 1. The van der Waals surface area contributed by atoms with Crippen LogP contribution in [-0.4, -0.2) is 27.2 Å². The van der Waals surface area contributed by atoms with Gasteiger partial charge in [-0.25, -0.2) is 0 Å². The van der Waals surface area contributed by atoms with Crippen LogP contribution in [0, 0.1) is 0 Å². The summed E-state index contributed by atoms with van der Waals surface area (Å²) in [5.74, 6) is 0.693. The Kier molecular flexibility index (Phi) is 5.13. The minimum Gasteiger partial charge on any atom is -0.495 e. The molecule has 2 rings (SSSR count). The van der Waals surface area contributed by atoms with Gasteiger partial charge in [0.15, 0.2) is 0 Å². The zero-order valence-electron chi connectivity index (χ0n) is 11.8. The summed E-state index contributed by atoms with van der Waals surface area (Å²) < 4.78 is 5.13. The average Bonchev–Trinajstić information content (AvgIpc) is 2.48. The van der Waals surface area contributed by atoms with Crippen LogP contribution >= 0.6 is 11.6 Å². The van der Waals surface area contributed by atoms with E-state index in [1.807, 2.05) is 36.4 Å². The van der Waals surface area contributed by atoms with Crippen LogP contribution in [-0.2, 0) is 0 Å². The van der Waals surface area contributed by atoms with Gasteiger partial charge in [-0.3, -0.25) is 0 Å². The van der Waals surface area contributed by atoms with Gasteiger partial charge in [-0.2, -0.15) is 0 Å². The minimum atomic E-state index is 0.619. The lowest BCUT2D eigenvalue weighted by molar-refractivity contribution is 0.415. The molecule has 0 bridgehead atoms. The Bertz CT molecular complexity index is 545. The molecule has 20 heavy (non-hydrogen) atoms. The first kappa shape index (κ1) is 14.5. The van der Waals surface area contributed by atoms with Crippen molar-refractivity contribution in [3.8, 4) is 5.75 Å². The van der Waals surface area contributed by atoms with Gasteiger partial charge < -0.3 is 15.0 Å². The molecule has 0 saturated carbocycles. The van der Waals surface area contributed by atoms with Crippen molar-refractivity contribution in [2.24, 2.45) is 0 Å². The van der Waals surface area contributed by atoms with Gasteiger partial charge in [-0.05, 0) is 30.3 Å². The van der Waals surface area contributed by atoms with E-state index < -0.39 is 0 Å². The fraction of sp³-hybridized carbons (Fsp3) is 0.250. The molecule has 0 fully saturated rings. The third kappa shape index (κ3) is 3.81. The van der Waals surface area contributed by atoms with Gasteiger partial charge in [0.1, 0.15) is 5.75 Å². The first-order chi connectivity index (χ1) is 9.70. The number of rotatable bonds is 6. The maximum Gasteiger partial charge on any atom is 0.137 e. The largest absolute Gasteiger partial charge is 0.495 e. The third-order valence-electron chi connectivity index (χ3n) is 3.13. The van der Waals surface area contributed by atoms with E-state index in [-0.39, 0.29) is 0 Å². The molecule has 4 heteroatoms. The van der Waals surface area contributed by atoms with E-state index in [0.717, 1.165) is 18.8 Å². The summed E-state index contributed by atoms with van der Waals surface area (Å²) in [4.78, 5) is 2.21. The molecule has 0 radical (unpaired) electrons. The van der Waals surface area contributed by atoms with E-state index in [1.165, 1.54) is 5.69 Å². The van der Waals surface area contributed by atoms with E-state index >= 15 is 0 Å². The third-order valence-corrected chi connectivity index (χ3v) is 3.42. The van der Waals surface area contributed by atoms with Crippen molar-refractivity contribution in [3.63, 3.8) is 0 Å². The Balaban J connectivity index is 1.85. The van der Waals surface area contributed by atoms with Gasteiger partial charge in [0, 0.05) is 31.5 Å². The number of halogens is 1. The summed E-state index contributed by atoms with van der Waals surface area (Å²) in [7, 11) is 3.70. The van der Waals surface area contributed by atoms with Gasteiger partial charge in [-0.15, -0.1) is 0 Å². The van der Waals surface area contributed by atoms with Crippen molar-refractivity contribution in [2.75, 3.05) is 37.5 Å². The molecule has 0 spiro atoms. The second kappa shape index (κ2) is 7.06. The van der Waals surface area contributed by atoms with E-state index in [1.54, 1.807) is 7.11 Å². The maximum atomic E-state index is 6.09. The maximum absolute atomic E-state index is 6.09. The zero-order valence-corrected chi connectivity index (χ0v) is 12.5. The molecule has 1 N–H and O–H groups in total.